The maximum atomic E-state index is 12.6. The Bertz CT molecular complexity index is 854. The van der Waals surface area contributed by atoms with Gasteiger partial charge in [0.1, 0.15) is 6.54 Å². The Morgan fingerprint density at radius 2 is 2.04 bits per heavy atom. The summed E-state index contributed by atoms with van der Waals surface area (Å²) in [6, 6.07) is 5.92. The number of nitrogens with zero attached hydrogens (tertiary/aromatic N) is 2. The van der Waals surface area contributed by atoms with E-state index in [1.165, 1.54) is 9.78 Å². The van der Waals surface area contributed by atoms with Crippen LogP contribution >= 0.6 is 11.3 Å². The van der Waals surface area contributed by atoms with Crippen LogP contribution in [0.15, 0.2) is 23.6 Å². The second-order valence-corrected chi connectivity index (χ2v) is 8.19. The van der Waals surface area contributed by atoms with Crippen LogP contribution in [0.2, 0.25) is 0 Å². The lowest BCUT2D eigenvalue weighted by atomic mass is 10.1. The molecule has 1 saturated heterocycles. The largest absolute Gasteiger partial charge is 0.456 e. The van der Waals surface area contributed by atoms with E-state index in [9.17, 15) is 14.4 Å². The SMILES string of the molecule is Cc1cc(C(=O)COC(=O)CN2CCCCCC2=O)c(C)n1Cc1cccs1. The number of aromatic nitrogens is 1. The van der Waals surface area contributed by atoms with E-state index in [4.69, 9.17) is 4.74 Å². The molecule has 3 rings (SSSR count). The number of Topliss-reactive ketones (excluding diaryl/α,β-unsaturated/α-hetero) is 1. The number of esters is 1. The van der Waals surface area contributed by atoms with Crippen molar-refractivity contribution in [1.82, 2.24) is 9.47 Å². The fourth-order valence-corrected chi connectivity index (χ4v) is 4.21. The van der Waals surface area contributed by atoms with Crippen molar-refractivity contribution in [2.45, 2.75) is 46.1 Å². The molecule has 0 N–H and O–H groups in total. The maximum Gasteiger partial charge on any atom is 0.326 e. The highest BCUT2D eigenvalue weighted by molar-refractivity contribution is 7.09. The number of carbonyl (C=O) groups is 3. The summed E-state index contributed by atoms with van der Waals surface area (Å²) in [5.41, 5.74) is 2.44. The van der Waals surface area contributed by atoms with E-state index in [1.54, 1.807) is 11.3 Å². The number of amides is 1. The third-order valence-corrected chi connectivity index (χ3v) is 5.98. The summed E-state index contributed by atoms with van der Waals surface area (Å²) >= 11 is 1.68. The van der Waals surface area contributed by atoms with Gasteiger partial charge in [-0.15, -0.1) is 11.3 Å². The summed E-state index contributed by atoms with van der Waals surface area (Å²) in [5, 5.41) is 2.03. The molecule has 3 heterocycles. The Labute approximate surface area is 169 Å². The Balaban J connectivity index is 1.57. The predicted molar refractivity (Wildman–Crippen MR) is 108 cm³/mol. The maximum absolute atomic E-state index is 12.6. The third kappa shape index (κ3) is 4.90. The number of aryl methyl sites for hydroxylation is 1. The molecule has 0 aliphatic carbocycles. The molecule has 7 heteroatoms. The lowest BCUT2D eigenvalue weighted by molar-refractivity contribution is -0.148. The molecule has 1 amide bonds. The van der Waals surface area contributed by atoms with Crippen molar-refractivity contribution in [3.63, 3.8) is 0 Å². The first-order chi connectivity index (χ1) is 13.5. The molecule has 2 aromatic heterocycles. The van der Waals surface area contributed by atoms with Crippen LogP contribution < -0.4 is 0 Å². The van der Waals surface area contributed by atoms with E-state index in [2.05, 4.69) is 10.6 Å². The molecule has 6 nitrogen and oxygen atoms in total. The van der Waals surface area contributed by atoms with Crippen molar-refractivity contribution in [1.29, 1.82) is 0 Å². The van der Waals surface area contributed by atoms with Crippen LogP contribution in [0, 0.1) is 13.8 Å². The van der Waals surface area contributed by atoms with Gasteiger partial charge in [0, 0.05) is 34.8 Å². The molecule has 0 aromatic carbocycles. The van der Waals surface area contributed by atoms with Crippen molar-refractivity contribution in [3.05, 3.63) is 45.4 Å². The van der Waals surface area contributed by atoms with Crippen LogP contribution in [0.4, 0.5) is 0 Å². The summed E-state index contributed by atoms with van der Waals surface area (Å²) in [6.07, 6.45) is 3.23. The van der Waals surface area contributed by atoms with Crippen LogP contribution in [-0.4, -0.2) is 46.8 Å². The van der Waals surface area contributed by atoms with E-state index in [0.29, 0.717) is 18.5 Å². The summed E-state index contributed by atoms with van der Waals surface area (Å²) in [7, 11) is 0. The number of ether oxygens (including phenoxy) is 1. The molecular weight excluding hydrogens is 376 g/mol. The molecule has 0 saturated carbocycles. The lowest BCUT2D eigenvalue weighted by Gasteiger charge is -2.19. The normalized spacial score (nSPS) is 14.8. The molecule has 2 aromatic rings. The molecule has 0 bridgehead atoms. The number of carbonyl (C=O) groups excluding carboxylic acids is 3. The second kappa shape index (κ2) is 9.19. The van der Waals surface area contributed by atoms with Gasteiger partial charge in [-0.3, -0.25) is 14.4 Å². The Kier molecular flexibility index (Phi) is 6.67. The highest BCUT2D eigenvalue weighted by atomic mass is 32.1. The standard InChI is InChI=1S/C21H26N2O4S/c1-15-11-18(16(2)23(15)12-17-7-6-10-28-17)19(24)14-27-21(26)13-22-9-5-3-4-8-20(22)25/h6-7,10-11H,3-5,8-9,12-14H2,1-2H3. The smallest absolute Gasteiger partial charge is 0.326 e. The molecule has 0 atom stereocenters. The van der Waals surface area contributed by atoms with Crippen LogP contribution in [0.5, 0.6) is 0 Å². The number of thiophene rings is 1. The van der Waals surface area contributed by atoms with Crippen molar-refractivity contribution < 1.29 is 19.1 Å². The van der Waals surface area contributed by atoms with Gasteiger partial charge in [-0.05, 0) is 44.2 Å². The minimum absolute atomic E-state index is 0.0158. The van der Waals surface area contributed by atoms with E-state index >= 15 is 0 Å². The zero-order valence-corrected chi connectivity index (χ0v) is 17.2. The molecule has 28 heavy (non-hydrogen) atoms. The monoisotopic (exact) mass is 402 g/mol. The molecular formula is C21H26N2O4S. The van der Waals surface area contributed by atoms with Gasteiger partial charge in [-0.25, -0.2) is 0 Å². The van der Waals surface area contributed by atoms with Crippen molar-refractivity contribution in [2.75, 3.05) is 19.7 Å². The summed E-state index contributed by atoms with van der Waals surface area (Å²) in [5.74, 6) is -0.769. The number of rotatable bonds is 7. The van der Waals surface area contributed by atoms with Gasteiger partial charge in [0.15, 0.2) is 6.61 Å². The molecule has 0 spiro atoms. The van der Waals surface area contributed by atoms with Crippen molar-refractivity contribution in [3.8, 4) is 0 Å². The fourth-order valence-electron chi connectivity index (χ4n) is 3.52. The van der Waals surface area contributed by atoms with Gasteiger partial charge in [-0.2, -0.15) is 0 Å². The zero-order chi connectivity index (χ0) is 20.1. The minimum atomic E-state index is -0.531. The molecule has 0 radical (unpaired) electrons. The van der Waals surface area contributed by atoms with E-state index in [-0.39, 0.29) is 24.8 Å². The quantitative estimate of drug-likeness (QED) is 0.526. The number of likely N-dealkylation sites (tertiary alicyclic amines) is 1. The van der Waals surface area contributed by atoms with Crippen LogP contribution in [0.25, 0.3) is 0 Å². The molecule has 150 valence electrons. The first kappa shape index (κ1) is 20.3. The molecule has 1 fully saturated rings. The van der Waals surface area contributed by atoms with Crippen LogP contribution in [-0.2, 0) is 20.9 Å². The molecule has 0 unspecified atom stereocenters. The van der Waals surface area contributed by atoms with Gasteiger partial charge in [-0.1, -0.05) is 12.5 Å². The highest BCUT2D eigenvalue weighted by Gasteiger charge is 2.22. The van der Waals surface area contributed by atoms with Crippen molar-refractivity contribution >= 4 is 29.0 Å². The van der Waals surface area contributed by atoms with E-state index < -0.39 is 5.97 Å². The molecule has 1 aliphatic heterocycles. The fraction of sp³-hybridized carbons (Fsp3) is 0.476. The van der Waals surface area contributed by atoms with Gasteiger partial charge in [0.05, 0.1) is 6.54 Å². The average Bonchev–Trinajstić information content (AvgIpc) is 3.22. The predicted octanol–water partition coefficient (Wildman–Crippen LogP) is 3.34. The second-order valence-electron chi connectivity index (χ2n) is 7.16. The average molecular weight is 403 g/mol. The first-order valence-electron chi connectivity index (χ1n) is 9.61. The van der Waals surface area contributed by atoms with Gasteiger partial charge < -0.3 is 14.2 Å². The van der Waals surface area contributed by atoms with Gasteiger partial charge >= 0.3 is 5.97 Å². The van der Waals surface area contributed by atoms with Gasteiger partial charge in [0.2, 0.25) is 11.7 Å². The van der Waals surface area contributed by atoms with Crippen LogP contribution in [0.3, 0.4) is 0 Å². The Morgan fingerprint density at radius 1 is 1.21 bits per heavy atom. The van der Waals surface area contributed by atoms with Crippen LogP contribution in [0.1, 0.15) is 52.3 Å². The number of hydrogen-bond donors (Lipinski definition) is 0. The third-order valence-electron chi connectivity index (χ3n) is 5.12. The number of hydrogen-bond acceptors (Lipinski definition) is 5. The Hall–Kier alpha value is -2.41. The van der Waals surface area contributed by atoms with E-state index in [0.717, 1.165) is 37.2 Å². The molecule has 1 aliphatic rings. The van der Waals surface area contributed by atoms with E-state index in [1.807, 2.05) is 31.4 Å². The zero-order valence-electron chi connectivity index (χ0n) is 16.4. The highest BCUT2D eigenvalue weighted by Crippen LogP contribution is 2.20. The summed E-state index contributed by atoms with van der Waals surface area (Å²) in [4.78, 5) is 39.4. The van der Waals surface area contributed by atoms with Crippen molar-refractivity contribution in [2.24, 2.45) is 0 Å². The topological polar surface area (TPSA) is 68.6 Å². The number of ketones is 1. The lowest BCUT2D eigenvalue weighted by Crippen LogP contribution is -2.36. The van der Waals surface area contributed by atoms with Gasteiger partial charge in [0.25, 0.3) is 0 Å². The Morgan fingerprint density at radius 3 is 2.79 bits per heavy atom. The summed E-state index contributed by atoms with van der Waals surface area (Å²) < 4.78 is 7.26. The first-order valence-corrected chi connectivity index (χ1v) is 10.5. The summed E-state index contributed by atoms with van der Waals surface area (Å²) in [6.45, 7) is 4.79. The minimum Gasteiger partial charge on any atom is -0.456 e.